The number of benzene rings is 1. The number of pyridine rings is 1. The topological polar surface area (TPSA) is 70.7 Å². The standard InChI is InChI=1S/C24H25FN4O/c1-14-3-2-4-19(26-14)21(30)29-24-11-15-7-16(12-24)10-23(9-15,13-24)22-27-18-6-5-17(25)8-20(18)28-22/h2-6,8,15-16H,7,9-13H2,1H3,(H,27,28)(H,29,30). The fraction of sp³-hybridized carbons (Fsp3) is 0.458. The summed E-state index contributed by atoms with van der Waals surface area (Å²) < 4.78 is 13.7. The van der Waals surface area contributed by atoms with Crippen LogP contribution in [0.2, 0.25) is 0 Å². The SMILES string of the molecule is Cc1cccc(C(=O)NC23CC4CC(C2)CC(c2nc5ccc(F)cc5[nH]2)(C4)C3)n1. The monoisotopic (exact) mass is 404 g/mol. The molecule has 0 aliphatic heterocycles. The Morgan fingerprint density at radius 3 is 2.70 bits per heavy atom. The molecule has 1 amide bonds. The van der Waals surface area contributed by atoms with Crippen molar-refractivity contribution in [1.29, 1.82) is 0 Å². The number of hydrogen-bond donors (Lipinski definition) is 2. The van der Waals surface area contributed by atoms with Crippen LogP contribution in [0.15, 0.2) is 36.4 Å². The maximum atomic E-state index is 13.7. The number of halogens is 1. The predicted octanol–water partition coefficient (Wildman–Crippen LogP) is 4.43. The van der Waals surface area contributed by atoms with Gasteiger partial charge in [-0.1, -0.05) is 6.07 Å². The van der Waals surface area contributed by atoms with Gasteiger partial charge in [-0.15, -0.1) is 0 Å². The molecule has 2 unspecified atom stereocenters. The van der Waals surface area contributed by atoms with E-state index in [0.29, 0.717) is 17.5 Å². The summed E-state index contributed by atoms with van der Waals surface area (Å²) in [5.41, 5.74) is 2.61. The van der Waals surface area contributed by atoms with Crippen LogP contribution in [0.4, 0.5) is 4.39 Å². The van der Waals surface area contributed by atoms with Gasteiger partial charge < -0.3 is 10.3 Å². The third-order valence-corrected chi connectivity index (χ3v) is 7.51. The molecular formula is C24H25FN4O. The van der Waals surface area contributed by atoms with Crippen molar-refractivity contribution in [1.82, 2.24) is 20.3 Å². The molecule has 4 fully saturated rings. The van der Waals surface area contributed by atoms with Crippen molar-refractivity contribution in [3.8, 4) is 0 Å². The number of rotatable bonds is 3. The molecule has 0 spiro atoms. The van der Waals surface area contributed by atoms with Gasteiger partial charge in [-0.05, 0) is 87.6 Å². The molecule has 0 radical (unpaired) electrons. The smallest absolute Gasteiger partial charge is 0.270 e. The Hall–Kier alpha value is -2.76. The molecule has 4 saturated carbocycles. The summed E-state index contributed by atoms with van der Waals surface area (Å²) in [4.78, 5) is 25.8. The fourth-order valence-corrected chi connectivity index (χ4v) is 6.89. The molecular weight excluding hydrogens is 379 g/mol. The number of carbonyl (C=O) groups is 1. The van der Waals surface area contributed by atoms with E-state index in [4.69, 9.17) is 4.98 Å². The third-order valence-electron chi connectivity index (χ3n) is 7.51. The van der Waals surface area contributed by atoms with Crippen molar-refractivity contribution in [3.63, 3.8) is 0 Å². The Kier molecular flexibility index (Phi) is 3.68. The first-order chi connectivity index (χ1) is 14.4. The zero-order valence-electron chi connectivity index (χ0n) is 17.0. The van der Waals surface area contributed by atoms with E-state index in [1.54, 1.807) is 12.1 Å². The van der Waals surface area contributed by atoms with E-state index < -0.39 is 0 Å². The second-order valence-electron chi connectivity index (χ2n) is 9.89. The molecule has 154 valence electrons. The second-order valence-corrected chi connectivity index (χ2v) is 9.89. The summed E-state index contributed by atoms with van der Waals surface area (Å²) >= 11 is 0. The van der Waals surface area contributed by atoms with E-state index >= 15 is 0 Å². The van der Waals surface area contributed by atoms with E-state index in [2.05, 4.69) is 15.3 Å². The fourth-order valence-electron chi connectivity index (χ4n) is 6.89. The molecule has 2 heterocycles. The van der Waals surface area contributed by atoms with E-state index in [1.807, 2.05) is 19.1 Å². The van der Waals surface area contributed by atoms with E-state index in [-0.39, 0.29) is 22.7 Å². The highest BCUT2D eigenvalue weighted by atomic mass is 19.1. The predicted molar refractivity (Wildman–Crippen MR) is 112 cm³/mol. The molecule has 4 aliphatic rings. The number of H-pyrrole nitrogens is 1. The molecule has 4 bridgehead atoms. The highest BCUT2D eigenvalue weighted by Gasteiger charge is 2.59. The molecule has 0 saturated heterocycles. The summed E-state index contributed by atoms with van der Waals surface area (Å²) in [6.07, 6.45) is 6.34. The Morgan fingerprint density at radius 2 is 1.93 bits per heavy atom. The van der Waals surface area contributed by atoms with Crippen LogP contribution >= 0.6 is 0 Å². The van der Waals surface area contributed by atoms with Crippen LogP contribution in [0.5, 0.6) is 0 Å². The van der Waals surface area contributed by atoms with Gasteiger partial charge in [-0.3, -0.25) is 4.79 Å². The summed E-state index contributed by atoms with van der Waals surface area (Å²) in [5.74, 6) is 1.80. The average molecular weight is 404 g/mol. The van der Waals surface area contributed by atoms with Crippen molar-refractivity contribution in [2.75, 3.05) is 0 Å². The number of amides is 1. The van der Waals surface area contributed by atoms with Gasteiger partial charge >= 0.3 is 0 Å². The minimum Gasteiger partial charge on any atom is -0.345 e. The Labute approximate surface area is 174 Å². The van der Waals surface area contributed by atoms with Crippen molar-refractivity contribution in [2.24, 2.45) is 11.8 Å². The van der Waals surface area contributed by atoms with Crippen molar-refractivity contribution in [3.05, 3.63) is 59.4 Å². The van der Waals surface area contributed by atoms with Gasteiger partial charge in [0.2, 0.25) is 0 Å². The molecule has 2 aromatic heterocycles. The average Bonchev–Trinajstić information content (AvgIpc) is 3.11. The summed E-state index contributed by atoms with van der Waals surface area (Å²) in [6, 6.07) is 10.3. The number of carbonyl (C=O) groups excluding carboxylic acids is 1. The number of nitrogens with one attached hydrogen (secondary N) is 2. The van der Waals surface area contributed by atoms with Crippen molar-refractivity contribution < 1.29 is 9.18 Å². The van der Waals surface area contributed by atoms with Gasteiger partial charge in [-0.25, -0.2) is 14.4 Å². The number of fused-ring (bicyclic) bond motifs is 1. The normalized spacial score (nSPS) is 31.9. The molecule has 2 atom stereocenters. The summed E-state index contributed by atoms with van der Waals surface area (Å²) in [5, 5.41) is 3.40. The van der Waals surface area contributed by atoms with Crippen LogP contribution in [0, 0.1) is 24.6 Å². The number of aromatic amines is 1. The van der Waals surface area contributed by atoms with Crippen LogP contribution in [-0.2, 0) is 5.41 Å². The molecule has 4 aliphatic carbocycles. The Bertz CT molecular complexity index is 1150. The van der Waals surface area contributed by atoms with Gasteiger partial charge in [0, 0.05) is 16.6 Å². The zero-order chi connectivity index (χ0) is 20.5. The number of hydrogen-bond acceptors (Lipinski definition) is 3. The van der Waals surface area contributed by atoms with Gasteiger partial charge in [0.25, 0.3) is 5.91 Å². The van der Waals surface area contributed by atoms with E-state index in [9.17, 15) is 9.18 Å². The van der Waals surface area contributed by atoms with Gasteiger partial charge in [0.15, 0.2) is 0 Å². The molecule has 30 heavy (non-hydrogen) atoms. The zero-order valence-corrected chi connectivity index (χ0v) is 17.0. The first-order valence-electron chi connectivity index (χ1n) is 10.8. The van der Waals surface area contributed by atoms with Crippen LogP contribution in [0.25, 0.3) is 11.0 Å². The van der Waals surface area contributed by atoms with Crippen LogP contribution < -0.4 is 5.32 Å². The van der Waals surface area contributed by atoms with Crippen LogP contribution in [-0.4, -0.2) is 26.4 Å². The molecule has 1 aromatic carbocycles. The highest BCUT2D eigenvalue weighted by Crippen LogP contribution is 2.61. The number of aryl methyl sites for hydroxylation is 1. The van der Waals surface area contributed by atoms with Crippen LogP contribution in [0.1, 0.15) is 60.5 Å². The molecule has 3 aromatic rings. The molecule has 5 nitrogen and oxygen atoms in total. The molecule has 7 rings (SSSR count). The van der Waals surface area contributed by atoms with Crippen molar-refractivity contribution >= 4 is 16.9 Å². The number of imidazole rings is 1. The summed E-state index contributed by atoms with van der Waals surface area (Å²) in [6.45, 7) is 1.90. The first-order valence-corrected chi connectivity index (χ1v) is 10.8. The largest absolute Gasteiger partial charge is 0.345 e. The highest BCUT2D eigenvalue weighted by molar-refractivity contribution is 5.92. The maximum absolute atomic E-state index is 13.7. The van der Waals surface area contributed by atoms with Crippen molar-refractivity contribution in [2.45, 2.75) is 56.4 Å². The lowest BCUT2D eigenvalue weighted by molar-refractivity contribution is -0.0402. The quantitative estimate of drug-likeness (QED) is 0.679. The van der Waals surface area contributed by atoms with Gasteiger partial charge in [0.05, 0.1) is 11.0 Å². The molecule has 6 heteroatoms. The minimum absolute atomic E-state index is 0.0765. The second kappa shape index (κ2) is 6.13. The van der Waals surface area contributed by atoms with Crippen LogP contribution in [0.3, 0.4) is 0 Å². The van der Waals surface area contributed by atoms with Gasteiger partial charge in [-0.2, -0.15) is 0 Å². The maximum Gasteiger partial charge on any atom is 0.270 e. The lowest BCUT2D eigenvalue weighted by Gasteiger charge is -2.61. The van der Waals surface area contributed by atoms with Gasteiger partial charge in [0.1, 0.15) is 17.3 Å². The Balaban J connectivity index is 1.36. The lowest BCUT2D eigenvalue weighted by Crippen LogP contribution is -2.64. The minimum atomic E-state index is -0.252. The van der Waals surface area contributed by atoms with E-state index in [1.165, 1.54) is 18.6 Å². The molecule has 2 N–H and O–H groups in total. The summed E-state index contributed by atoms with van der Waals surface area (Å²) in [7, 11) is 0. The van der Waals surface area contributed by atoms with E-state index in [0.717, 1.165) is 54.7 Å². The lowest BCUT2D eigenvalue weighted by atomic mass is 9.46. The number of aromatic nitrogens is 3. The number of nitrogens with zero attached hydrogens (tertiary/aromatic N) is 2. The first kappa shape index (κ1) is 18.0. The third kappa shape index (κ3) is 2.76. The Morgan fingerprint density at radius 1 is 1.13 bits per heavy atom.